The summed E-state index contributed by atoms with van der Waals surface area (Å²) in [5.41, 5.74) is 5.07. The van der Waals surface area contributed by atoms with Crippen molar-refractivity contribution in [2.75, 3.05) is 23.7 Å². The molecule has 11 nitrogen and oxygen atoms in total. The number of nitrogens with zero attached hydrogens (tertiary/aromatic N) is 3. The molecule has 0 unspecified atom stereocenters. The highest BCUT2D eigenvalue weighted by Crippen LogP contribution is 2.23. The summed E-state index contributed by atoms with van der Waals surface area (Å²) in [7, 11) is -3.93. The molecule has 5 rings (SSSR count). The zero-order valence-electron chi connectivity index (χ0n) is 27.7. The van der Waals surface area contributed by atoms with Gasteiger partial charge in [-0.15, -0.1) is 0 Å². The monoisotopic (exact) mass is 679 g/mol. The molecule has 1 amide bonds. The lowest BCUT2D eigenvalue weighted by atomic mass is 10.0. The van der Waals surface area contributed by atoms with Crippen molar-refractivity contribution in [3.8, 4) is 11.3 Å². The molecule has 3 aromatic carbocycles. The van der Waals surface area contributed by atoms with Gasteiger partial charge in [-0.2, -0.15) is 0 Å². The van der Waals surface area contributed by atoms with Crippen molar-refractivity contribution in [1.29, 1.82) is 0 Å². The Morgan fingerprint density at radius 3 is 2.39 bits per heavy atom. The molecule has 0 aliphatic carbocycles. The van der Waals surface area contributed by atoms with E-state index in [9.17, 15) is 18.3 Å². The van der Waals surface area contributed by atoms with Crippen LogP contribution >= 0.6 is 0 Å². The summed E-state index contributed by atoms with van der Waals surface area (Å²) in [4.78, 5) is 26.8. The van der Waals surface area contributed by atoms with Gasteiger partial charge in [-0.3, -0.25) is 9.78 Å². The van der Waals surface area contributed by atoms with E-state index in [1.54, 1.807) is 48.9 Å². The average Bonchev–Trinajstić information content (AvgIpc) is 3.11. The fourth-order valence-corrected chi connectivity index (χ4v) is 6.06. The Morgan fingerprint density at radius 1 is 0.898 bits per heavy atom. The minimum atomic E-state index is -3.93. The molecule has 12 heteroatoms. The molecule has 2 heterocycles. The number of aliphatic hydroxyl groups is 1. The molecular weight excluding hydrogens is 639 g/mol. The molecule has 0 aliphatic rings. The average molecular weight is 680 g/mol. The van der Waals surface area contributed by atoms with Crippen molar-refractivity contribution in [2.24, 2.45) is 5.92 Å². The Bertz CT molecular complexity index is 1940. The summed E-state index contributed by atoms with van der Waals surface area (Å²) in [5, 5.41) is 20.7. The smallest absolute Gasteiger partial charge is 0.251 e. The third-order valence-corrected chi connectivity index (χ3v) is 9.24. The van der Waals surface area contributed by atoms with E-state index in [4.69, 9.17) is 0 Å². The molecule has 0 saturated heterocycles. The van der Waals surface area contributed by atoms with Crippen LogP contribution < -0.4 is 20.7 Å². The van der Waals surface area contributed by atoms with Crippen LogP contribution in [0, 0.1) is 12.8 Å². The lowest BCUT2D eigenvalue weighted by Crippen LogP contribution is -2.49. The number of rotatable bonds is 15. The van der Waals surface area contributed by atoms with Gasteiger partial charge in [0, 0.05) is 54.2 Å². The van der Waals surface area contributed by atoms with Gasteiger partial charge in [0.05, 0.1) is 22.7 Å². The van der Waals surface area contributed by atoms with E-state index in [0.717, 1.165) is 28.9 Å². The van der Waals surface area contributed by atoms with Gasteiger partial charge >= 0.3 is 0 Å². The van der Waals surface area contributed by atoms with E-state index >= 15 is 0 Å². The number of carbonyl (C=O) groups excluding carboxylic acids is 1. The molecule has 0 fully saturated rings. The Morgan fingerprint density at radius 2 is 1.67 bits per heavy atom. The predicted molar refractivity (Wildman–Crippen MR) is 192 cm³/mol. The molecule has 0 bridgehead atoms. The zero-order valence-corrected chi connectivity index (χ0v) is 28.5. The number of pyridine rings is 1. The summed E-state index contributed by atoms with van der Waals surface area (Å²) in [6, 6.07) is 25.8. The number of benzene rings is 3. The predicted octanol–water partition coefficient (Wildman–Crippen LogP) is 5.34. The number of sulfonamides is 1. The number of aryl methyl sites for hydroxylation is 1. The van der Waals surface area contributed by atoms with Crippen molar-refractivity contribution in [2.45, 2.75) is 44.2 Å². The first kappa shape index (κ1) is 35.1. The topological polar surface area (TPSA) is 158 Å². The minimum absolute atomic E-state index is 0.0769. The second kappa shape index (κ2) is 16.3. The Kier molecular flexibility index (Phi) is 11.7. The fourth-order valence-electron chi connectivity index (χ4n) is 5.01. The Labute approximate surface area is 287 Å². The summed E-state index contributed by atoms with van der Waals surface area (Å²) < 4.78 is 28.7. The van der Waals surface area contributed by atoms with Crippen LogP contribution in [0.2, 0.25) is 0 Å². The first-order chi connectivity index (χ1) is 23.6. The van der Waals surface area contributed by atoms with Crippen LogP contribution in [0.5, 0.6) is 0 Å². The van der Waals surface area contributed by atoms with Gasteiger partial charge in [-0.05, 0) is 85.0 Å². The molecule has 2 aromatic heterocycles. The van der Waals surface area contributed by atoms with E-state index in [-0.39, 0.29) is 17.9 Å². The number of nitrogens with one attached hydrogen (secondary N) is 4. The maximum Gasteiger partial charge on any atom is 0.251 e. The van der Waals surface area contributed by atoms with Crippen molar-refractivity contribution >= 4 is 33.3 Å². The van der Waals surface area contributed by atoms with E-state index in [2.05, 4.69) is 49.5 Å². The largest absolute Gasteiger partial charge is 0.390 e. The summed E-state index contributed by atoms with van der Waals surface area (Å²) in [6.07, 6.45) is 4.10. The van der Waals surface area contributed by atoms with E-state index < -0.39 is 28.1 Å². The van der Waals surface area contributed by atoms with Crippen LogP contribution in [0.3, 0.4) is 0 Å². The minimum Gasteiger partial charge on any atom is -0.390 e. The maximum absolute atomic E-state index is 13.6. The second-order valence-electron chi connectivity index (χ2n) is 12.1. The highest BCUT2D eigenvalue weighted by Gasteiger charge is 2.25. The Hall–Kier alpha value is -5.17. The zero-order chi connectivity index (χ0) is 34.8. The number of hydrogen-bond donors (Lipinski definition) is 5. The lowest BCUT2D eigenvalue weighted by Gasteiger charge is -2.25. The highest BCUT2D eigenvalue weighted by atomic mass is 32.2. The fraction of sp³-hybridized carbons (Fsp3) is 0.243. The molecule has 0 saturated carbocycles. The first-order valence-corrected chi connectivity index (χ1v) is 17.5. The number of carbonyl (C=O) groups is 1. The third-order valence-electron chi connectivity index (χ3n) is 7.80. The van der Waals surface area contributed by atoms with Gasteiger partial charge in [-0.25, -0.2) is 23.1 Å². The standard InChI is InChI=1S/C37H41N7O4S/c1-25(2)22-40-30-13-15-31(16-14-30)49(47,48)41-24-35(45)34(20-27-8-5-4-6-9-27)42-36(46)28-12-11-26(3)33(21-28)44-37-39-19-17-32(43-37)29-10-7-18-38-23-29/h4-19,21,23,25,34-35,40-41,45H,20,22,24H2,1-3H3,(H,42,46)(H,39,43,44)/t34-,35+/m0/s1. The van der Waals surface area contributed by atoms with Crippen LogP contribution in [0.1, 0.15) is 35.3 Å². The lowest BCUT2D eigenvalue weighted by molar-refractivity contribution is 0.0840. The molecule has 49 heavy (non-hydrogen) atoms. The van der Waals surface area contributed by atoms with Gasteiger partial charge < -0.3 is 21.1 Å². The van der Waals surface area contributed by atoms with Crippen LogP contribution in [0.25, 0.3) is 11.3 Å². The molecule has 254 valence electrons. The van der Waals surface area contributed by atoms with Crippen LogP contribution in [-0.2, 0) is 16.4 Å². The van der Waals surface area contributed by atoms with Crippen molar-refractivity contribution < 1.29 is 18.3 Å². The molecule has 0 aliphatic heterocycles. The number of aliphatic hydroxyl groups excluding tert-OH is 1. The molecule has 0 spiro atoms. The molecular formula is C37H41N7O4S. The SMILES string of the molecule is Cc1ccc(C(=O)N[C@@H](Cc2ccccc2)[C@H](O)CNS(=O)(=O)c2ccc(NCC(C)C)cc2)cc1Nc1nccc(-c2cccnc2)n1. The van der Waals surface area contributed by atoms with Gasteiger partial charge in [0.2, 0.25) is 16.0 Å². The van der Waals surface area contributed by atoms with Gasteiger partial charge in [-0.1, -0.05) is 50.2 Å². The van der Waals surface area contributed by atoms with Crippen LogP contribution in [-0.4, -0.2) is 59.6 Å². The number of amides is 1. The third kappa shape index (κ3) is 9.92. The Balaban J connectivity index is 1.29. The summed E-state index contributed by atoms with van der Waals surface area (Å²) >= 11 is 0. The van der Waals surface area contributed by atoms with Gasteiger partial charge in [0.1, 0.15) is 0 Å². The van der Waals surface area contributed by atoms with Crippen molar-refractivity contribution in [3.05, 3.63) is 126 Å². The normalized spacial score (nSPS) is 12.7. The quantitative estimate of drug-likeness (QED) is 0.0985. The number of aromatic nitrogens is 3. The van der Waals surface area contributed by atoms with Gasteiger partial charge in [0.25, 0.3) is 5.91 Å². The second-order valence-corrected chi connectivity index (χ2v) is 13.9. The maximum atomic E-state index is 13.6. The molecule has 5 N–H and O–H groups in total. The molecule has 2 atom stereocenters. The number of hydrogen-bond acceptors (Lipinski definition) is 9. The van der Waals surface area contributed by atoms with Crippen molar-refractivity contribution in [1.82, 2.24) is 25.0 Å². The van der Waals surface area contributed by atoms with Gasteiger partial charge in [0.15, 0.2) is 0 Å². The van der Waals surface area contributed by atoms with Crippen LogP contribution in [0.15, 0.2) is 114 Å². The number of anilines is 3. The highest BCUT2D eigenvalue weighted by molar-refractivity contribution is 7.89. The first-order valence-electron chi connectivity index (χ1n) is 16.0. The van der Waals surface area contributed by atoms with Crippen LogP contribution in [0.4, 0.5) is 17.3 Å². The molecule has 5 aromatic rings. The summed E-state index contributed by atoms with van der Waals surface area (Å²) in [6.45, 7) is 6.54. The van der Waals surface area contributed by atoms with E-state index in [1.807, 2.05) is 55.5 Å². The summed E-state index contributed by atoms with van der Waals surface area (Å²) in [5.74, 6) is 0.366. The van der Waals surface area contributed by atoms with E-state index in [0.29, 0.717) is 28.8 Å². The van der Waals surface area contributed by atoms with Crippen molar-refractivity contribution in [3.63, 3.8) is 0 Å². The molecule has 0 radical (unpaired) electrons. The van der Waals surface area contributed by atoms with E-state index in [1.165, 1.54) is 12.1 Å².